The van der Waals surface area contributed by atoms with Crippen molar-refractivity contribution in [3.05, 3.63) is 89.5 Å². The predicted octanol–water partition coefficient (Wildman–Crippen LogP) is 4.60. The van der Waals surface area contributed by atoms with E-state index in [0.29, 0.717) is 0 Å². The molecule has 0 saturated carbocycles. The number of hydrogen-bond acceptors (Lipinski definition) is 3. The van der Waals surface area contributed by atoms with Crippen LogP contribution in [0.15, 0.2) is 72.8 Å². The van der Waals surface area contributed by atoms with E-state index in [1.54, 1.807) is 6.08 Å². The quantitative estimate of drug-likeness (QED) is 0.608. The lowest BCUT2D eigenvalue weighted by Crippen LogP contribution is -2.09. The van der Waals surface area contributed by atoms with Gasteiger partial charge in [0.05, 0.1) is 5.69 Å². The van der Waals surface area contributed by atoms with Gasteiger partial charge >= 0.3 is 0 Å². The van der Waals surface area contributed by atoms with Gasteiger partial charge in [0.1, 0.15) is 5.82 Å². The summed E-state index contributed by atoms with van der Waals surface area (Å²) in [4.78, 5) is 15.8. The van der Waals surface area contributed by atoms with Crippen LogP contribution in [0.25, 0.3) is 17.3 Å². The summed E-state index contributed by atoms with van der Waals surface area (Å²) in [6, 6.07) is 22.6. The smallest absolute Gasteiger partial charge is 0.221 e. The van der Waals surface area contributed by atoms with Gasteiger partial charge in [0.25, 0.3) is 0 Å². The highest BCUT2D eigenvalue weighted by Crippen LogP contribution is 2.23. The van der Waals surface area contributed by atoms with Crippen LogP contribution in [-0.4, -0.2) is 17.4 Å². The van der Waals surface area contributed by atoms with Crippen LogP contribution in [0, 0.1) is 6.92 Å². The van der Waals surface area contributed by atoms with Crippen molar-refractivity contribution in [1.29, 1.82) is 0 Å². The number of aromatic nitrogens is 1. The fourth-order valence-electron chi connectivity index (χ4n) is 3.01. The molecule has 142 valence electrons. The Morgan fingerprint density at radius 1 is 1.07 bits per heavy atom. The van der Waals surface area contributed by atoms with Gasteiger partial charge in [-0.1, -0.05) is 72.3 Å². The number of nitrogens with one attached hydrogen (secondary N) is 1. The monoisotopic (exact) mass is 371 g/mol. The van der Waals surface area contributed by atoms with Crippen LogP contribution >= 0.6 is 0 Å². The summed E-state index contributed by atoms with van der Waals surface area (Å²) >= 11 is 0. The minimum Gasteiger partial charge on any atom is -0.369 e. The Bertz CT molecular complexity index is 965. The summed E-state index contributed by atoms with van der Waals surface area (Å²) in [6.45, 7) is 2.87. The zero-order valence-corrected chi connectivity index (χ0v) is 16.1. The van der Waals surface area contributed by atoms with Crippen LogP contribution in [0.1, 0.15) is 23.1 Å². The number of carbonyl (C=O) groups is 1. The van der Waals surface area contributed by atoms with E-state index in [2.05, 4.69) is 36.5 Å². The Hall–Kier alpha value is -3.40. The van der Waals surface area contributed by atoms with Crippen molar-refractivity contribution >= 4 is 17.8 Å². The summed E-state index contributed by atoms with van der Waals surface area (Å²) in [7, 11) is 0. The molecule has 4 heteroatoms. The number of nitrogens with two attached hydrogens (primary N) is 1. The Labute approximate surface area is 166 Å². The van der Waals surface area contributed by atoms with Crippen molar-refractivity contribution in [1.82, 2.24) is 4.98 Å². The zero-order chi connectivity index (χ0) is 19.8. The van der Waals surface area contributed by atoms with Crippen molar-refractivity contribution in [2.45, 2.75) is 19.8 Å². The maximum atomic E-state index is 11.0. The molecule has 0 spiro atoms. The first-order chi connectivity index (χ1) is 13.6. The molecule has 0 unspecified atom stereocenters. The molecule has 3 N–H and O–H groups in total. The minimum atomic E-state index is -0.348. The molecule has 0 fully saturated rings. The standard InChI is InChI=1S/C24H25N3O/c1-18-7-5-8-19(17-18)15-16-26-24-21(11-6-12-23(25)28)13-14-22(27-24)20-9-3-2-4-10-20/h2-11,13-14,17H,12,15-16H2,1H3,(H2,25,28)(H,26,27). The molecular weight excluding hydrogens is 346 g/mol. The first-order valence-corrected chi connectivity index (χ1v) is 9.42. The maximum absolute atomic E-state index is 11.0. The number of carbonyl (C=O) groups excluding carboxylic acids is 1. The Balaban J connectivity index is 1.79. The van der Waals surface area contributed by atoms with Crippen LogP contribution in [0.3, 0.4) is 0 Å². The van der Waals surface area contributed by atoms with Crippen LogP contribution in [0.5, 0.6) is 0 Å². The normalized spacial score (nSPS) is 10.9. The number of aryl methyl sites for hydroxylation is 1. The number of hydrogen-bond donors (Lipinski definition) is 2. The van der Waals surface area contributed by atoms with E-state index in [1.165, 1.54) is 11.1 Å². The lowest BCUT2D eigenvalue weighted by Gasteiger charge is -2.12. The molecule has 4 nitrogen and oxygen atoms in total. The largest absolute Gasteiger partial charge is 0.369 e. The molecule has 0 bridgehead atoms. The van der Waals surface area contributed by atoms with Gasteiger partial charge in [0, 0.05) is 24.1 Å². The predicted molar refractivity (Wildman–Crippen MR) is 116 cm³/mol. The molecule has 1 heterocycles. The highest BCUT2D eigenvalue weighted by atomic mass is 16.1. The van der Waals surface area contributed by atoms with E-state index in [4.69, 9.17) is 10.7 Å². The van der Waals surface area contributed by atoms with E-state index in [0.717, 1.165) is 35.6 Å². The SMILES string of the molecule is Cc1cccc(CCNc2nc(-c3ccccc3)ccc2C=CCC(N)=O)c1. The van der Waals surface area contributed by atoms with E-state index in [1.807, 2.05) is 48.5 Å². The number of pyridine rings is 1. The fourth-order valence-corrected chi connectivity index (χ4v) is 3.01. The van der Waals surface area contributed by atoms with Gasteiger partial charge in [-0.3, -0.25) is 4.79 Å². The lowest BCUT2D eigenvalue weighted by molar-refractivity contribution is -0.117. The molecule has 3 aromatic rings. The van der Waals surface area contributed by atoms with Crippen molar-refractivity contribution in [3.63, 3.8) is 0 Å². The molecule has 2 aromatic carbocycles. The molecule has 0 saturated heterocycles. The average molecular weight is 371 g/mol. The molecule has 0 aliphatic carbocycles. The second-order valence-corrected chi connectivity index (χ2v) is 6.74. The number of benzene rings is 2. The summed E-state index contributed by atoms with van der Waals surface area (Å²) in [6.07, 6.45) is 4.78. The molecule has 1 amide bonds. The van der Waals surface area contributed by atoms with Gasteiger partial charge in [0.2, 0.25) is 5.91 Å². The third-order valence-corrected chi connectivity index (χ3v) is 4.40. The van der Waals surface area contributed by atoms with E-state index < -0.39 is 0 Å². The molecule has 28 heavy (non-hydrogen) atoms. The van der Waals surface area contributed by atoms with Crippen LogP contribution in [0.2, 0.25) is 0 Å². The topological polar surface area (TPSA) is 68.0 Å². The number of nitrogens with zero attached hydrogens (tertiary/aromatic N) is 1. The number of primary amides is 1. The molecule has 0 radical (unpaired) electrons. The van der Waals surface area contributed by atoms with E-state index in [9.17, 15) is 4.79 Å². The maximum Gasteiger partial charge on any atom is 0.221 e. The number of rotatable bonds is 8. The van der Waals surface area contributed by atoms with Gasteiger partial charge in [-0.2, -0.15) is 0 Å². The number of amides is 1. The Kier molecular flexibility index (Phi) is 6.58. The third-order valence-electron chi connectivity index (χ3n) is 4.40. The van der Waals surface area contributed by atoms with Crippen molar-refractivity contribution in [2.24, 2.45) is 5.73 Å². The molecule has 0 aliphatic heterocycles. The molecule has 3 rings (SSSR count). The Morgan fingerprint density at radius 2 is 1.89 bits per heavy atom. The van der Waals surface area contributed by atoms with Crippen molar-refractivity contribution in [3.8, 4) is 11.3 Å². The molecule has 0 atom stereocenters. The average Bonchev–Trinajstić information content (AvgIpc) is 2.69. The van der Waals surface area contributed by atoms with Crippen molar-refractivity contribution < 1.29 is 4.79 Å². The molecule has 0 aliphatic rings. The first-order valence-electron chi connectivity index (χ1n) is 9.42. The highest BCUT2D eigenvalue weighted by molar-refractivity contribution is 5.77. The van der Waals surface area contributed by atoms with Gasteiger partial charge in [0.15, 0.2) is 0 Å². The molecule has 1 aromatic heterocycles. The van der Waals surface area contributed by atoms with Gasteiger partial charge < -0.3 is 11.1 Å². The van der Waals surface area contributed by atoms with Gasteiger partial charge in [-0.25, -0.2) is 4.98 Å². The summed E-state index contributed by atoms with van der Waals surface area (Å²) in [5.41, 5.74) is 10.7. The van der Waals surface area contributed by atoms with Crippen LogP contribution in [0.4, 0.5) is 5.82 Å². The second-order valence-electron chi connectivity index (χ2n) is 6.74. The summed E-state index contributed by atoms with van der Waals surface area (Å²) < 4.78 is 0. The highest BCUT2D eigenvalue weighted by Gasteiger charge is 2.06. The number of anilines is 1. The second kappa shape index (κ2) is 9.51. The van der Waals surface area contributed by atoms with Gasteiger partial charge in [-0.15, -0.1) is 0 Å². The first kappa shape index (κ1) is 19.4. The van der Waals surface area contributed by atoms with E-state index in [-0.39, 0.29) is 12.3 Å². The fraction of sp³-hybridized carbons (Fsp3) is 0.167. The third kappa shape index (κ3) is 5.55. The zero-order valence-electron chi connectivity index (χ0n) is 16.1. The van der Waals surface area contributed by atoms with Gasteiger partial charge in [-0.05, 0) is 31.0 Å². The Morgan fingerprint density at radius 3 is 2.64 bits per heavy atom. The lowest BCUT2D eigenvalue weighted by atomic mass is 10.1. The van der Waals surface area contributed by atoms with Crippen LogP contribution in [-0.2, 0) is 11.2 Å². The molecular formula is C24H25N3O. The summed E-state index contributed by atoms with van der Waals surface area (Å²) in [5.74, 6) is 0.453. The van der Waals surface area contributed by atoms with Crippen LogP contribution < -0.4 is 11.1 Å². The summed E-state index contributed by atoms with van der Waals surface area (Å²) in [5, 5.41) is 3.45. The minimum absolute atomic E-state index is 0.211. The van der Waals surface area contributed by atoms with E-state index >= 15 is 0 Å². The van der Waals surface area contributed by atoms with Crippen molar-refractivity contribution in [2.75, 3.05) is 11.9 Å².